The van der Waals surface area contributed by atoms with E-state index in [0.717, 1.165) is 17.0 Å². The second-order valence-corrected chi connectivity index (χ2v) is 3.57. The second-order valence-electron chi connectivity index (χ2n) is 3.57. The minimum Gasteiger partial charge on any atom is -0.383 e. The van der Waals surface area contributed by atoms with Crippen molar-refractivity contribution in [2.24, 2.45) is 5.73 Å². The van der Waals surface area contributed by atoms with E-state index in [2.05, 4.69) is 4.98 Å². The first-order chi connectivity index (χ1) is 7.24. The number of nitrogens with two attached hydrogens (primary N) is 1. The number of methoxy groups -OCH3 is 1. The average molecular weight is 205 g/mol. The minimum atomic E-state index is -0.132. The fourth-order valence-corrected chi connectivity index (χ4v) is 1.84. The number of ether oxygens (including phenoxy) is 1. The largest absolute Gasteiger partial charge is 0.383 e. The summed E-state index contributed by atoms with van der Waals surface area (Å²) >= 11 is 0. The Hall–Kier alpha value is -1.39. The molecule has 0 aromatic carbocycles. The maximum Gasteiger partial charge on any atom is 0.137 e. The van der Waals surface area contributed by atoms with Crippen LogP contribution in [0.2, 0.25) is 0 Å². The van der Waals surface area contributed by atoms with E-state index in [4.69, 9.17) is 10.5 Å². The van der Waals surface area contributed by atoms with Crippen molar-refractivity contribution < 1.29 is 4.74 Å². The van der Waals surface area contributed by atoms with E-state index in [0.29, 0.717) is 6.61 Å². The molecule has 0 fully saturated rings. The number of imidazole rings is 1. The molecule has 0 saturated heterocycles. The Balaban J connectivity index is 2.53. The zero-order chi connectivity index (χ0) is 10.8. The summed E-state index contributed by atoms with van der Waals surface area (Å²) in [6, 6.07) is 5.77. The van der Waals surface area contributed by atoms with Gasteiger partial charge in [-0.1, -0.05) is 6.07 Å². The zero-order valence-corrected chi connectivity index (χ0v) is 8.97. The van der Waals surface area contributed by atoms with Gasteiger partial charge in [-0.3, -0.25) is 0 Å². The molecule has 0 aliphatic heterocycles. The van der Waals surface area contributed by atoms with Gasteiger partial charge in [0, 0.05) is 13.3 Å². The summed E-state index contributed by atoms with van der Waals surface area (Å²) in [5.74, 6) is 0. The van der Waals surface area contributed by atoms with Crippen LogP contribution in [-0.2, 0) is 4.74 Å². The third kappa shape index (κ3) is 1.73. The summed E-state index contributed by atoms with van der Waals surface area (Å²) < 4.78 is 7.08. The van der Waals surface area contributed by atoms with Crippen molar-refractivity contribution in [3.63, 3.8) is 0 Å². The second kappa shape index (κ2) is 4.00. The lowest BCUT2D eigenvalue weighted by molar-refractivity contribution is 0.179. The Morgan fingerprint density at radius 2 is 2.33 bits per heavy atom. The van der Waals surface area contributed by atoms with E-state index in [9.17, 15) is 0 Å². The number of aromatic nitrogens is 2. The molecule has 0 aliphatic rings. The van der Waals surface area contributed by atoms with Crippen LogP contribution in [0.1, 0.15) is 17.4 Å². The Kier molecular flexibility index (Phi) is 2.70. The number of rotatable bonds is 3. The minimum absolute atomic E-state index is 0.132. The zero-order valence-electron chi connectivity index (χ0n) is 8.97. The van der Waals surface area contributed by atoms with Crippen LogP contribution in [0.5, 0.6) is 0 Å². The Labute approximate surface area is 88.7 Å². The molecule has 1 unspecified atom stereocenters. The molecule has 0 aliphatic carbocycles. The molecule has 4 nitrogen and oxygen atoms in total. The highest BCUT2D eigenvalue weighted by molar-refractivity contribution is 5.43. The molecule has 2 N–H and O–H groups in total. The molecule has 1 atom stereocenters. The van der Waals surface area contributed by atoms with E-state index in [1.807, 2.05) is 35.7 Å². The van der Waals surface area contributed by atoms with Crippen LogP contribution >= 0.6 is 0 Å². The van der Waals surface area contributed by atoms with Gasteiger partial charge in [0.25, 0.3) is 0 Å². The molecule has 0 bridgehead atoms. The van der Waals surface area contributed by atoms with Gasteiger partial charge in [0.2, 0.25) is 0 Å². The predicted octanol–water partition coefficient (Wildman–Crippen LogP) is 1.29. The van der Waals surface area contributed by atoms with Gasteiger partial charge in [0.1, 0.15) is 5.65 Å². The monoisotopic (exact) mass is 205 g/mol. The number of nitrogens with zero attached hydrogens (tertiary/aromatic N) is 2. The van der Waals surface area contributed by atoms with Crippen LogP contribution in [-0.4, -0.2) is 23.1 Å². The van der Waals surface area contributed by atoms with Crippen molar-refractivity contribution in [2.45, 2.75) is 13.0 Å². The van der Waals surface area contributed by atoms with Gasteiger partial charge in [0.15, 0.2) is 0 Å². The van der Waals surface area contributed by atoms with Crippen molar-refractivity contribution in [1.29, 1.82) is 0 Å². The summed E-state index contributed by atoms with van der Waals surface area (Å²) in [6.07, 6.45) is 1.97. The lowest BCUT2D eigenvalue weighted by Crippen LogP contribution is -2.19. The fraction of sp³-hybridized carbons (Fsp3) is 0.364. The van der Waals surface area contributed by atoms with Gasteiger partial charge in [-0.05, 0) is 19.1 Å². The normalized spacial score (nSPS) is 13.3. The summed E-state index contributed by atoms with van der Waals surface area (Å²) in [6.45, 7) is 2.47. The van der Waals surface area contributed by atoms with E-state index >= 15 is 0 Å². The van der Waals surface area contributed by atoms with E-state index in [-0.39, 0.29) is 6.04 Å². The summed E-state index contributed by atoms with van der Waals surface area (Å²) in [7, 11) is 1.65. The summed E-state index contributed by atoms with van der Waals surface area (Å²) in [5, 5.41) is 0. The van der Waals surface area contributed by atoms with Crippen molar-refractivity contribution in [3.8, 4) is 0 Å². The molecule has 0 spiro atoms. The number of fused-ring (bicyclic) bond motifs is 1. The van der Waals surface area contributed by atoms with Crippen LogP contribution in [0.15, 0.2) is 24.4 Å². The third-order valence-electron chi connectivity index (χ3n) is 2.45. The molecular weight excluding hydrogens is 190 g/mol. The molecule has 15 heavy (non-hydrogen) atoms. The average Bonchev–Trinajstić information content (AvgIpc) is 2.54. The molecule has 0 radical (unpaired) electrons. The van der Waals surface area contributed by atoms with Crippen LogP contribution in [0.25, 0.3) is 5.65 Å². The lowest BCUT2D eigenvalue weighted by atomic mass is 10.2. The standard InChI is InChI=1S/C11H15N3O/c1-8-11(9(12)7-15-2)14-6-4-3-5-10(14)13-8/h3-6,9H,7,12H2,1-2H3. The van der Waals surface area contributed by atoms with Gasteiger partial charge >= 0.3 is 0 Å². The highest BCUT2D eigenvalue weighted by Gasteiger charge is 2.14. The smallest absolute Gasteiger partial charge is 0.137 e. The first-order valence-corrected chi connectivity index (χ1v) is 4.92. The molecule has 2 heterocycles. The maximum atomic E-state index is 6.03. The molecule has 4 heteroatoms. The fourth-order valence-electron chi connectivity index (χ4n) is 1.84. The van der Waals surface area contributed by atoms with Crippen LogP contribution < -0.4 is 5.73 Å². The maximum absolute atomic E-state index is 6.03. The quantitative estimate of drug-likeness (QED) is 0.821. The Bertz CT molecular complexity index is 464. The number of aryl methyl sites for hydroxylation is 1. The third-order valence-corrected chi connectivity index (χ3v) is 2.45. The first-order valence-electron chi connectivity index (χ1n) is 4.92. The number of pyridine rings is 1. The molecule has 2 rings (SSSR count). The molecule has 2 aromatic heterocycles. The predicted molar refractivity (Wildman–Crippen MR) is 58.7 cm³/mol. The van der Waals surface area contributed by atoms with Crippen molar-refractivity contribution >= 4 is 5.65 Å². The molecule has 2 aromatic rings. The highest BCUT2D eigenvalue weighted by Crippen LogP contribution is 2.17. The van der Waals surface area contributed by atoms with Crippen molar-refractivity contribution in [2.75, 3.05) is 13.7 Å². The van der Waals surface area contributed by atoms with Gasteiger partial charge in [-0.25, -0.2) is 4.98 Å². The SMILES string of the molecule is COCC(N)c1c(C)nc2ccccn12. The summed E-state index contributed by atoms with van der Waals surface area (Å²) in [4.78, 5) is 4.44. The lowest BCUT2D eigenvalue weighted by Gasteiger charge is -2.11. The van der Waals surface area contributed by atoms with Gasteiger partial charge in [-0.2, -0.15) is 0 Å². The summed E-state index contributed by atoms with van der Waals surface area (Å²) in [5.41, 5.74) is 8.94. The van der Waals surface area contributed by atoms with Gasteiger partial charge < -0.3 is 14.9 Å². The van der Waals surface area contributed by atoms with E-state index < -0.39 is 0 Å². The van der Waals surface area contributed by atoms with E-state index in [1.165, 1.54) is 0 Å². The highest BCUT2D eigenvalue weighted by atomic mass is 16.5. The molecular formula is C11H15N3O. The Morgan fingerprint density at radius 3 is 3.07 bits per heavy atom. The first kappa shape index (κ1) is 10.1. The van der Waals surface area contributed by atoms with Crippen LogP contribution in [0, 0.1) is 6.92 Å². The van der Waals surface area contributed by atoms with Crippen molar-refractivity contribution in [3.05, 3.63) is 35.8 Å². The number of hydrogen-bond acceptors (Lipinski definition) is 3. The number of hydrogen-bond donors (Lipinski definition) is 1. The van der Waals surface area contributed by atoms with Crippen molar-refractivity contribution in [1.82, 2.24) is 9.38 Å². The topological polar surface area (TPSA) is 52.5 Å². The van der Waals surface area contributed by atoms with Crippen LogP contribution in [0.3, 0.4) is 0 Å². The Morgan fingerprint density at radius 1 is 1.53 bits per heavy atom. The van der Waals surface area contributed by atoms with Crippen LogP contribution in [0.4, 0.5) is 0 Å². The molecule has 0 saturated carbocycles. The van der Waals surface area contributed by atoms with Gasteiger partial charge in [0.05, 0.1) is 24.0 Å². The van der Waals surface area contributed by atoms with E-state index in [1.54, 1.807) is 7.11 Å². The molecule has 0 amide bonds. The molecule has 80 valence electrons. The van der Waals surface area contributed by atoms with Gasteiger partial charge in [-0.15, -0.1) is 0 Å².